The summed E-state index contributed by atoms with van der Waals surface area (Å²) in [7, 11) is 0. The third-order valence-electron chi connectivity index (χ3n) is 21.9. The van der Waals surface area contributed by atoms with Crippen molar-refractivity contribution in [2.24, 2.45) is 0 Å². The molecule has 0 atom stereocenters. The average molecular weight is 1700 g/mol. The van der Waals surface area contributed by atoms with Crippen LogP contribution in [-0.4, -0.2) is 43.6 Å². The molecule has 23 rings (SSSR count). The molecule has 562 valence electrons. The van der Waals surface area contributed by atoms with Crippen LogP contribution >= 0.6 is 0 Å². The van der Waals surface area contributed by atoms with Crippen molar-refractivity contribution >= 4 is 65.4 Å². The van der Waals surface area contributed by atoms with Crippen molar-refractivity contribution in [2.75, 3.05) is 0 Å². The van der Waals surface area contributed by atoms with Crippen LogP contribution in [-0.2, 0) is 20.1 Å². The van der Waals surface area contributed by atoms with Gasteiger partial charge in [-0.3, -0.25) is 0 Å². The van der Waals surface area contributed by atoms with Crippen molar-refractivity contribution in [3.8, 4) is 107 Å². The van der Waals surface area contributed by atoms with Gasteiger partial charge in [0, 0.05) is 90.6 Å². The molecule has 7 aromatic heterocycles. The van der Waals surface area contributed by atoms with Crippen LogP contribution < -0.4 is 0 Å². The summed E-state index contributed by atoms with van der Waals surface area (Å²) in [6, 6.07) is 153. The molecule has 0 radical (unpaired) electrons. The molecular weight excluding hydrogens is 1630 g/mol. The first-order chi connectivity index (χ1) is 58.6. The van der Waals surface area contributed by atoms with Gasteiger partial charge >= 0.3 is 20.1 Å². The number of pyridine rings is 3. The largest absolute Gasteiger partial charge is 3.00 e. The van der Waals surface area contributed by atoms with Crippen molar-refractivity contribution < 1.29 is 20.1 Å². The minimum Gasteiger partial charge on any atom is -0.310 e. The van der Waals surface area contributed by atoms with E-state index in [2.05, 4.69) is 314 Å². The molecule has 0 amide bonds. The van der Waals surface area contributed by atoms with Gasteiger partial charge in [-0.25, -0.2) is 15.0 Å². The molecule has 119 heavy (non-hydrogen) atoms. The second-order valence-electron chi connectivity index (χ2n) is 29.0. The molecule has 0 fully saturated rings. The smallest absolute Gasteiger partial charge is 0.310 e. The normalized spacial score (nSPS) is 11.4. The first-order valence-electron chi connectivity index (χ1n) is 39.6. The van der Waals surface area contributed by atoms with E-state index in [1.807, 2.05) is 158 Å². The molecule has 0 N–H and O–H groups in total. The number of para-hydroxylation sites is 5. The molecule has 0 saturated carbocycles. The molecule has 10 heteroatoms. The zero-order chi connectivity index (χ0) is 78.5. The van der Waals surface area contributed by atoms with E-state index in [1.54, 1.807) is 6.20 Å². The van der Waals surface area contributed by atoms with Gasteiger partial charge in [0.1, 0.15) is 0 Å². The summed E-state index contributed by atoms with van der Waals surface area (Å²) in [5.41, 5.74) is 28.2. The van der Waals surface area contributed by atoms with Gasteiger partial charge in [-0.2, -0.15) is 0 Å². The van der Waals surface area contributed by atoms with Gasteiger partial charge < -0.3 is 28.7 Å². The molecule has 0 bridgehead atoms. The van der Waals surface area contributed by atoms with Gasteiger partial charge in [-0.15, -0.1) is 108 Å². The van der Waals surface area contributed by atoms with Crippen molar-refractivity contribution in [2.45, 2.75) is 5.92 Å². The van der Waals surface area contributed by atoms with E-state index in [1.165, 1.54) is 87.8 Å². The van der Waals surface area contributed by atoms with E-state index in [0.717, 1.165) is 84.1 Å². The molecule has 7 heterocycles. The summed E-state index contributed by atoms with van der Waals surface area (Å²) in [6.07, 6.45) is 5.57. The Morgan fingerprint density at radius 2 is 0.622 bits per heavy atom. The number of aromatic nitrogens is 9. The van der Waals surface area contributed by atoms with E-state index in [-0.39, 0.29) is 26.0 Å². The van der Waals surface area contributed by atoms with E-state index in [0.29, 0.717) is 17.5 Å². The van der Waals surface area contributed by atoms with Crippen LogP contribution in [0.15, 0.2) is 431 Å². The second-order valence-corrected chi connectivity index (χ2v) is 29.0. The standard InChI is InChI=1S/C51H33N5.C24H16N.C23H15N2.C11H8N.Ir/c1-4-15-34(16-5-1)49-52-50(35-17-6-2-7-18-35)54-51(53-49)38-19-14-22-40(31-38)56-45-25-12-10-23-41(45)43-29-27-37(33-48(43)56)36-28-30-47-44(32-36)42-24-11-13-26-46(42)55(47)39-20-8-3-9-21-39;1-2-8-17(9-3-1)23-16-18(14-15-25-23)24-21-12-6-4-10-19(21)20-11-5-7-13-22(20)24;1-2-8-17(9-3-1)21-16-18(14-15-24-21)25-22-12-6-4-10-19(22)20-11-5-7-13-23(20)25;1-2-6-10(7-3-1)11-8-4-5-9-12-11;/h1-33H;1-8,10-16,24H;1-8,10-16H;1-6,8-9H;/q;3*-1;+3. The Morgan fingerprint density at radius 1 is 0.227 bits per heavy atom. The fraction of sp³-hybridized carbons (Fsp3) is 0.00917. The van der Waals surface area contributed by atoms with E-state index in [4.69, 9.17) is 15.0 Å². The van der Waals surface area contributed by atoms with Crippen LogP contribution in [0.5, 0.6) is 0 Å². The minimum atomic E-state index is 0. The van der Waals surface area contributed by atoms with Crippen LogP contribution in [0.2, 0.25) is 0 Å². The SMILES string of the molecule is [Ir+3].[c-]1ccccc1-c1cc(-n2c3ccccc3c3ccccc32)ccn1.[c-]1ccccc1-c1cc(C2c3ccccc3-c3ccccc32)ccn1.[c-]1ccccc1-c1ccccn1.c1ccc(-c2nc(-c3ccccc3)nc(-c3cccc(-n4c5ccccc5c5ccc(-c6ccc7c(c6)c6ccccc6n7-c6ccccc6)cc54)c3)n2)cc1. The van der Waals surface area contributed by atoms with Crippen molar-refractivity contribution in [1.82, 2.24) is 43.6 Å². The number of fused-ring (bicyclic) bond motifs is 12. The first-order valence-corrected chi connectivity index (χ1v) is 39.6. The van der Waals surface area contributed by atoms with E-state index in [9.17, 15) is 0 Å². The topological polar surface area (TPSA) is 92.1 Å². The molecule has 0 unspecified atom stereocenters. The Bertz CT molecular complexity index is 7170. The molecule has 22 aromatic rings. The predicted octanol–water partition coefficient (Wildman–Crippen LogP) is 26.6. The maximum atomic E-state index is 5.03. The van der Waals surface area contributed by atoms with Crippen LogP contribution in [0.1, 0.15) is 22.6 Å². The Labute approximate surface area is 703 Å². The monoisotopic (exact) mass is 1700 g/mol. The van der Waals surface area contributed by atoms with Crippen molar-refractivity contribution in [3.05, 3.63) is 466 Å². The summed E-state index contributed by atoms with van der Waals surface area (Å²) >= 11 is 0. The molecule has 15 aromatic carbocycles. The average Bonchev–Trinajstić information content (AvgIpc) is 1.60. The molecule has 0 saturated heterocycles. The summed E-state index contributed by atoms with van der Waals surface area (Å²) in [5.74, 6) is 2.18. The Kier molecular flexibility index (Phi) is 20.7. The second kappa shape index (κ2) is 33.3. The summed E-state index contributed by atoms with van der Waals surface area (Å²) in [5, 5.41) is 7.42. The quantitative estimate of drug-likeness (QED) is 0.120. The molecule has 1 aliphatic rings. The van der Waals surface area contributed by atoms with Gasteiger partial charge in [-0.1, -0.05) is 255 Å². The van der Waals surface area contributed by atoms with E-state index >= 15 is 0 Å². The Morgan fingerprint density at radius 3 is 1.17 bits per heavy atom. The van der Waals surface area contributed by atoms with E-state index < -0.39 is 0 Å². The zero-order valence-electron chi connectivity index (χ0n) is 64.4. The maximum absolute atomic E-state index is 5.03. The fourth-order valence-corrected chi connectivity index (χ4v) is 16.5. The number of rotatable bonds is 11. The molecule has 0 spiro atoms. The van der Waals surface area contributed by atoms with Crippen molar-refractivity contribution in [3.63, 3.8) is 0 Å². The number of benzene rings is 15. The summed E-state index contributed by atoms with van der Waals surface area (Å²) < 4.78 is 7.04. The maximum Gasteiger partial charge on any atom is 3.00 e. The number of hydrogen-bond acceptors (Lipinski definition) is 6. The van der Waals surface area contributed by atoms with Crippen LogP contribution in [0.25, 0.3) is 173 Å². The molecule has 1 aliphatic carbocycles. The van der Waals surface area contributed by atoms with Gasteiger partial charge in [0.15, 0.2) is 17.5 Å². The minimum absolute atomic E-state index is 0. The summed E-state index contributed by atoms with van der Waals surface area (Å²) in [6.45, 7) is 0. The van der Waals surface area contributed by atoms with Crippen LogP contribution in [0, 0.1) is 18.2 Å². The number of nitrogens with zero attached hydrogens (tertiary/aromatic N) is 9. The number of hydrogen-bond donors (Lipinski definition) is 0. The van der Waals surface area contributed by atoms with Crippen molar-refractivity contribution in [1.29, 1.82) is 0 Å². The predicted molar refractivity (Wildman–Crippen MR) is 483 cm³/mol. The van der Waals surface area contributed by atoms with Gasteiger partial charge in [0.2, 0.25) is 0 Å². The van der Waals surface area contributed by atoms with Gasteiger partial charge in [-0.05, 0) is 141 Å². The molecule has 0 aliphatic heterocycles. The Hall–Kier alpha value is -15.2. The fourth-order valence-electron chi connectivity index (χ4n) is 16.5. The van der Waals surface area contributed by atoms with Gasteiger partial charge in [0.25, 0.3) is 0 Å². The van der Waals surface area contributed by atoms with Crippen LogP contribution in [0.3, 0.4) is 0 Å². The third-order valence-corrected chi connectivity index (χ3v) is 21.9. The third kappa shape index (κ3) is 14.7. The Balaban J connectivity index is 0.000000122. The summed E-state index contributed by atoms with van der Waals surface area (Å²) in [4.78, 5) is 28.3. The first kappa shape index (κ1) is 74.0. The van der Waals surface area contributed by atoms with Gasteiger partial charge in [0.05, 0.1) is 33.1 Å². The zero-order valence-corrected chi connectivity index (χ0v) is 66.8. The van der Waals surface area contributed by atoms with Crippen LogP contribution in [0.4, 0.5) is 0 Å². The molecular formula is C109H72IrN9. The molecule has 9 nitrogen and oxygen atoms in total.